The van der Waals surface area contributed by atoms with E-state index in [0.29, 0.717) is 6.54 Å². The van der Waals surface area contributed by atoms with Crippen LogP contribution < -0.4 is 10.6 Å². The average molecular weight is 296 g/mol. The average Bonchev–Trinajstić information content (AvgIpc) is 2.81. The van der Waals surface area contributed by atoms with Crippen molar-refractivity contribution in [2.75, 3.05) is 11.6 Å². The van der Waals surface area contributed by atoms with E-state index >= 15 is 0 Å². The van der Waals surface area contributed by atoms with E-state index in [1.54, 1.807) is 24.2 Å². The smallest absolute Gasteiger partial charge is 0.238 e. The first-order valence-corrected chi connectivity index (χ1v) is 5.99. The lowest BCUT2D eigenvalue weighted by molar-refractivity contribution is -0.122. The molecule has 1 aromatic heterocycles. The van der Waals surface area contributed by atoms with Crippen LogP contribution in [0, 0.1) is 0 Å². The molecule has 0 bridgehead atoms. The topological polar surface area (TPSA) is 54.0 Å². The van der Waals surface area contributed by atoms with Crippen LogP contribution in [0.25, 0.3) is 0 Å². The zero-order chi connectivity index (χ0) is 10.5. The van der Waals surface area contributed by atoms with Crippen LogP contribution in [0.2, 0.25) is 0 Å². The molecule has 1 aliphatic heterocycles. The van der Waals surface area contributed by atoms with Crippen LogP contribution in [0.15, 0.2) is 24.5 Å². The summed E-state index contributed by atoms with van der Waals surface area (Å²) < 4.78 is 0. The highest BCUT2D eigenvalue weighted by molar-refractivity contribution is 7.99. The molecule has 1 saturated heterocycles. The minimum atomic E-state index is -0.0355. The molecule has 4 nitrogen and oxygen atoms in total. The van der Waals surface area contributed by atoms with Crippen LogP contribution in [-0.4, -0.2) is 28.6 Å². The third-order valence-electron chi connectivity index (χ3n) is 2.22. The Balaban J connectivity index is 0.00000128. The first-order chi connectivity index (χ1) is 7.36. The molecule has 2 heterocycles. The van der Waals surface area contributed by atoms with Crippen molar-refractivity contribution in [2.45, 2.75) is 12.6 Å². The molecule has 1 atom stereocenters. The van der Waals surface area contributed by atoms with Crippen LogP contribution in [0.1, 0.15) is 5.56 Å². The Labute approximate surface area is 117 Å². The van der Waals surface area contributed by atoms with Gasteiger partial charge in [-0.15, -0.1) is 36.6 Å². The number of amides is 1. The molecule has 96 valence electrons. The maximum Gasteiger partial charge on any atom is 0.238 e. The van der Waals surface area contributed by atoms with E-state index in [1.165, 1.54) is 0 Å². The molecular weight excluding hydrogens is 281 g/mol. The van der Waals surface area contributed by atoms with Crippen molar-refractivity contribution in [2.24, 2.45) is 0 Å². The number of carbonyl (C=O) groups excluding carboxylic acids is 1. The summed E-state index contributed by atoms with van der Waals surface area (Å²) in [6.07, 6.45) is 3.48. The minimum absolute atomic E-state index is 0. The highest BCUT2D eigenvalue weighted by Crippen LogP contribution is 2.09. The summed E-state index contributed by atoms with van der Waals surface area (Å²) in [6, 6.07) is 3.78. The second-order valence-corrected chi connectivity index (χ2v) is 4.38. The summed E-state index contributed by atoms with van der Waals surface area (Å²) in [6.45, 7) is 0.551. The van der Waals surface area contributed by atoms with Gasteiger partial charge in [0.05, 0.1) is 6.04 Å². The Hall–Kier alpha value is -0.490. The lowest BCUT2D eigenvalue weighted by atomic mass is 10.2. The van der Waals surface area contributed by atoms with Crippen LogP contribution >= 0.6 is 36.6 Å². The lowest BCUT2D eigenvalue weighted by Gasteiger charge is -2.09. The highest BCUT2D eigenvalue weighted by Gasteiger charge is 2.21. The number of hydrogen-bond acceptors (Lipinski definition) is 4. The molecule has 17 heavy (non-hydrogen) atoms. The zero-order valence-corrected chi connectivity index (χ0v) is 11.5. The quantitative estimate of drug-likeness (QED) is 0.880. The molecule has 1 aliphatic rings. The van der Waals surface area contributed by atoms with Gasteiger partial charge in [-0.1, -0.05) is 6.07 Å². The van der Waals surface area contributed by atoms with E-state index in [1.807, 2.05) is 12.1 Å². The molecule has 7 heteroatoms. The Kier molecular flexibility index (Phi) is 8.33. The van der Waals surface area contributed by atoms with Crippen LogP contribution in [0.5, 0.6) is 0 Å². The Morgan fingerprint density at radius 1 is 1.59 bits per heavy atom. The fourth-order valence-corrected chi connectivity index (χ4v) is 2.32. The lowest BCUT2D eigenvalue weighted by Crippen LogP contribution is -2.41. The fourth-order valence-electron chi connectivity index (χ4n) is 1.38. The number of thioether (sulfide) groups is 1. The summed E-state index contributed by atoms with van der Waals surface area (Å²) in [7, 11) is 0. The summed E-state index contributed by atoms with van der Waals surface area (Å²) in [5.41, 5.74) is 1.02. The molecule has 0 radical (unpaired) electrons. The molecule has 0 aliphatic carbocycles. The predicted molar refractivity (Wildman–Crippen MR) is 74.8 cm³/mol. The van der Waals surface area contributed by atoms with Crippen molar-refractivity contribution in [1.82, 2.24) is 15.6 Å². The molecule has 0 saturated carbocycles. The largest absolute Gasteiger partial charge is 0.351 e. The minimum Gasteiger partial charge on any atom is -0.351 e. The zero-order valence-electron chi connectivity index (χ0n) is 9.09. The number of rotatable bonds is 3. The van der Waals surface area contributed by atoms with Crippen molar-refractivity contribution in [3.05, 3.63) is 30.1 Å². The third kappa shape index (κ3) is 5.12. The predicted octanol–water partition coefficient (Wildman–Crippen LogP) is 1.20. The molecule has 1 fully saturated rings. The maximum absolute atomic E-state index is 11.6. The Morgan fingerprint density at radius 3 is 3.00 bits per heavy atom. The van der Waals surface area contributed by atoms with Crippen molar-refractivity contribution >= 4 is 42.5 Å². The van der Waals surface area contributed by atoms with E-state index in [4.69, 9.17) is 0 Å². The van der Waals surface area contributed by atoms with Gasteiger partial charge in [0.15, 0.2) is 0 Å². The van der Waals surface area contributed by atoms with Crippen molar-refractivity contribution in [1.29, 1.82) is 0 Å². The van der Waals surface area contributed by atoms with E-state index in [-0.39, 0.29) is 36.8 Å². The number of hydrogen-bond donors (Lipinski definition) is 2. The summed E-state index contributed by atoms with van der Waals surface area (Å²) in [5, 5.41) is 6.01. The number of halogens is 2. The summed E-state index contributed by atoms with van der Waals surface area (Å²) in [5.74, 6) is 1.80. The molecule has 2 rings (SSSR count). The van der Waals surface area contributed by atoms with E-state index in [0.717, 1.165) is 17.2 Å². The number of aromatic nitrogens is 1. The SMILES string of the molecule is Cl.Cl.O=C(NCc1cccnc1)C1CSCN1. The normalized spacial score (nSPS) is 17.8. The van der Waals surface area contributed by atoms with Crippen LogP contribution in [0.3, 0.4) is 0 Å². The molecule has 1 unspecified atom stereocenters. The van der Waals surface area contributed by atoms with E-state index in [9.17, 15) is 4.79 Å². The van der Waals surface area contributed by atoms with Gasteiger partial charge in [0.2, 0.25) is 5.91 Å². The van der Waals surface area contributed by atoms with Gasteiger partial charge in [-0.05, 0) is 11.6 Å². The van der Waals surface area contributed by atoms with Crippen molar-refractivity contribution in [3.8, 4) is 0 Å². The summed E-state index contributed by atoms with van der Waals surface area (Å²) >= 11 is 1.75. The number of nitrogens with zero attached hydrogens (tertiary/aromatic N) is 1. The van der Waals surface area contributed by atoms with Crippen LogP contribution in [0.4, 0.5) is 0 Å². The number of nitrogens with one attached hydrogen (secondary N) is 2. The van der Waals surface area contributed by atoms with Crippen molar-refractivity contribution in [3.63, 3.8) is 0 Å². The van der Waals surface area contributed by atoms with Gasteiger partial charge in [0, 0.05) is 30.6 Å². The molecular formula is C10H15Cl2N3OS. The van der Waals surface area contributed by atoms with Gasteiger partial charge < -0.3 is 5.32 Å². The number of pyridine rings is 1. The van der Waals surface area contributed by atoms with Gasteiger partial charge in [0.1, 0.15) is 0 Å². The standard InChI is InChI=1S/C10H13N3OS.2ClH/c14-10(9-6-15-7-13-9)12-5-8-2-1-3-11-4-8;;/h1-4,9,13H,5-7H2,(H,12,14);2*1H. The second-order valence-electron chi connectivity index (χ2n) is 3.35. The monoisotopic (exact) mass is 295 g/mol. The second kappa shape index (κ2) is 8.58. The van der Waals surface area contributed by atoms with Gasteiger partial charge in [-0.3, -0.25) is 15.1 Å². The van der Waals surface area contributed by atoms with Gasteiger partial charge in [-0.25, -0.2) is 0 Å². The third-order valence-corrected chi connectivity index (χ3v) is 3.16. The number of carbonyl (C=O) groups is 1. The van der Waals surface area contributed by atoms with Gasteiger partial charge in [-0.2, -0.15) is 0 Å². The molecule has 1 amide bonds. The summed E-state index contributed by atoms with van der Waals surface area (Å²) in [4.78, 5) is 15.6. The molecule has 2 N–H and O–H groups in total. The van der Waals surface area contributed by atoms with E-state index in [2.05, 4.69) is 15.6 Å². The van der Waals surface area contributed by atoms with E-state index < -0.39 is 0 Å². The molecule has 0 spiro atoms. The molecule has 1 aromatic rings. The van der Waals surface area contributed by atoms with Crippen molar-refractivity contribution < 1.29 is 4.79 Å². The first kappa shape index (κ1) is 16.5. The molecule has 0 aromatic carbocycles. The fraction of sp³-hybridized carbons (Fsp3) is 0.400. The Morgan fingerprint density at radius 2 is 2.41 bits per heavy atom. The maximum atomic E-state index is 11.6. The van der Waals surface area contributed by atoms with Gasteiger partial charge >= 0.3 is 0 Å². The Bertz CT molecular complexity index is 334. The van der Waals surface area contributed by atoms with Gasteiger partial charge in [0.25, 0.3) is 0 Å². The first-order valence-electron chi connectivity index (χ1n) is 4.84. The highest BCUT2D eigenvalue weighted by atomic mass is 35.5. The van der Waals surface area contributed by atoms with Crippen LogP contribution in [-0.2, 0) is 11.3 Å².